The van der Waals surface area contributed by atoms with E-state index < -0.39 is 11.1 Å². The minimum Gasteiger partial charge on any atom is -0.377 e. The zero-order valence-electron chi connectivity index (χ0n) is 6.71. The molecule has 3 nitrogen and oxygen atoms in total. The Hall–Kier alpha value is 0.0700. The fourth-order valence-electron chi connectivity index (χ4n) is 1.65. The molecular formula is C7H14O3S. The van der Waals surface area contributed by atoms with E-state index in [0.29, 0.717) is 0 Å². The number of ether oxygens (including phenoxy) is 1. The standard InChI is InChI=1S/C7H14O3S/c1-10-7(6-11(8)9)4-2-3-5-7/h2-6H2,1H3,(H,8,9). The molecule has 0 radical (unpaired) electrons. The molecule has 1 rings (SSSR count). The highest BCUT2D eigenvalue weighted by molar-refractivity contribution is 7.79. The van der Waals surface area contributed by atoms with Gasteiger partial charge in [-0.15, -0.1) is 0 Å². The van der Waals surface area contributed by atoms with Crippen LogP contribution in [0.5, 0.6) is 0 Å². The molecule has 1 N–H and O–H groups in total. The molecule has 1 saturated carbocycles. The molecular weight excluding hydrogens is 164 g/mol. The first-order valence-corrected chi connectivity index (χ1v) is 5.09. The average molecular weight is 178 g/mol. The maximum Gasteiger partial charge on any atom is 0.155 e. The number of methoxy groups -OCH3 is 1. The maximum atomic E-state index is 10.6. The summed E-state index contributed by atoms with van der Waals surface area (Å²) in [6.45, 7) is 0. The Bertz CT molecular complexity index is 152. The van der Waals surface area contributed by atoms with Crippen LogP contribution in [0.3, 0.4) is 0 Å². The van der Waals surface area contributed by atoms with E-state index in [2.05, 4.69) is 0 Å². The highest BCUT2D eigenvalue weighted by Gasteiger charge is 2.35. The second kappa shape index (κ2) is 3.65. The smallest absolute Gasteiger partial charge is 0.155 e. The monoisotopic (exact) mass is 178 g/mol. The van der Waals surface area contributed by atoms with Crippen molar-refractivity contribution in [3.05, 3.63) is 0 Å². The van der Waals surface area contributed by atoms with Crippen LogP contribution in [0, 0.1) is 0 Å². The van der Waals surface area contributed by atoms with Crippen molar-refractivity contribution in [3.8, 4) is 0 Å². The number of hydrogen-bond acceptors (Lipinski definition) is 2. The van der Waals surface area contributed by atoms with Gasteiger partial charge in [-0.05, 0) is 12.8 Å². The molecule has 0 bridgehead atoms. The van der Waals surface area contributed by atoms with Crippen LogP contribution in [0.2, 0.25) is 0 Å². The lowest BCUT2D eigenvalue weighted by Crippen LogP contribution is -2.34. The Labute approximate surface area is 69.4 Å². The van der Waals surface area contributed by atoms with Gasteiger partial charge in [-0.3, -0.25) is 0 Å². The third-order valence-corrected chi connectivity index (χ3v) is 3.11. The Balaban J connectivity index is 2.52. The van der Waals surface area contributed by atoms with Gasteiger partial charge in [0.2, 0.25) is 0 Å². The summed E-state index contributed by atoms with van der Waals surface area (Å²) >= 11 is -1.72. The first kappa shape index (κ1) is 9.16. The van der Waals surface area contributed by atoms with Crippen LogP contribution in [0.15, 0.2) is 0 Å². The largest absolute Gasteiger partial charge is 0.377 e. The molecule has 1 aliphatic rings. The van der Waals surface area contributed by atoms with Gasteiger partial charge in [-0.25, -0.2) is 4.21 Å². The van der Waals surface area contributed by atoms with Crippen molar-refractivity contribution in [3.63, 3.8) is 0 Å². The van der Waals surface area contributed by atoms with Crippen LogP contribution in [0.1, 0.15) is 25.7 Å². The van der Waals surface area contributed by atoms with Crippen molar-refractivity contribution in [2.24, 2.45) is 0 Å². The molecule has 4 heteroatoms. The molecule has 66 valence electrons. The molecule has 1 aliphatic carbocycles. The molecule has 0 aromatic heterocycles. The van der Waals surface area contributed by atoms with Crippen LogP contribution in [0.4, 0.5) is 0 Å². The lowest BCUT2D eigenvalue weighted by atomic mass is 10.1. The molecule has 0 spiro atoms. The topological polar surface area (TPSA) is 46.5 Å². The molecule has 0 saturated heterocycles. The molecule has 0 aliphatic heterocycles. The maximum absolute atomic E-state index is 10.6. The SMILES string of the molecule is COC1(CS(=O)O)CCCC1. The highest BCUT2D eigenvalue weighted by atomic mass is 32.2. The zero-order valence-corrected chi connectivity index (χ0v) is 7.52. The fraction of sp³-hybridized carbons (Fsp3) is 1.00. The highest BCUT2D eigenvalue weighted by Crippen LogP contribution is 2.32. The first-order valence-electron chi connectivity index (χ1n) is 3.81. The van der Waals surface area contributed by atoms with Crippen LogP contribution in [-0.2, 0) is 15.8 Å². The van der Waals surface area contributed by atoms with Crippen LogP contribution in [0.25, 0.3) is 0 Å². The van der Waals surface area contributed by atoms with E-state index in [1.807, 2.05) is 0 Å². The summed E-state index contributed by atoms with van der Waals surface area (Å²) in [5.41, 5.74) is -0.292. The van der Waals surface area contributed by atoms with E-state index >= 15 is 0 Å². The number of hydrogen-bond donors (Lipinski definition) is 1. The van der Waals surface area contributed by atoms with Crippen molar-refractivity contribution >= 4 is 11.1 Å². The van der Waals surface area contributed by atoms with Gasteiger partial charge in [0.05, 0.1) is 11.4 Å². The summed E-state index contributed by atoms with van der Waals surface area (Å²) in [5, 5.41) is 0. The normalized spacial score (nSPS) is 25.3. The molecule has 1 unspecified atom stereocenters. The third-order valence-electron chi connectivity index (χ3n) is 2.33. The Morgan fingerprint density at radius 1 is 1.55 bits per heavy atom. The Morgan fingerprint density at radius 2 is 2.09 bits per heavy atom. The van der Waals surface area contributed by atoms with Gasteiger partial charge in [0, 0.05) is 7.11 Å². The molecule has 11 heavy (non-hydrogen) atoms. The lowest BCUT2D eigenvalue weighted by Gasteiger charge is -2.25. The van der Waals surface area contributed by atoms with Gasteiger partial charge in [0.25, 0.3) is 0 Å². The van der Waals surface area contributed by atoms with Gasteiger partial charge in [0.15, 0.2) is 11.1 Å². The summed E-state index contributed by atoms with van der Waals surface area (Å²) in [5.74, 6) is 0.267. The van der Waals surface area contributed by atoms with Gasteiger partial charge in [-0.1, -0.05) is 12.8 Å². The predicted octanol–water partition coefficient (Wildman–Crippen LogP) is 1.17. The van der Waals surface area contributed by atoms with Crippen LogP contribution < -0.4 is 0 Å². The van der Waals surface area contributed by atoms with E-state index in [0.717, 1.165) is 25.7 Å². The molecule has 0 aromatic carbocycles. The van der Waals surface area contributed by atoms with Crippen molar-refractivity contribution in [2.75, 3.05) is 12.9 Å². The number of rotatable bonds is 3. The molecule has 0 aromatic rings. The Kier molecular flexibility index (Phi) is 3.04. The van der Waals surface area contributed by atoms with Crippen molar-refractivity contribution < 1.29 is 13.5 Å². The van der Waals surface area contributed by atoms with Crippen molar-refractivity contribution in [1.29, 1.82) is 0 Å². The summed E-state index contributed by atoms with van der Waals surface area (Å²) in [6, 6.07) is 0. The molecule has 0 amide bonds. The first-order chi connectivity index (χ1) is 5.18. The minimum absolute atomic E-state index is 0.267. The van der Waals surface area contributed by atoms with Crippen LogP contribution in [-0.4, -0.2) is 27.2 Å². The predicted molar refractivity (Wildman–Crippen MR) is 43.8 cm³/mol. The second-order valence-electron chi connectivity index (χ2n) is 3.06. The van der Waals surface area contributed by atoms with E-state index in [9.17, 15) is 4.21 Å². The molecule has 1 atom stereocenters. The molecule has 0 heterocycles. The van der Waals surface area contributed by atoms with Crippen LogP contribution >= 0.6 is 0 Å². The quantitative estimate of drug-likeness (QED) is 0.660. The fourth-order valence-corrected chi connectivity index (χ4v) is 2.51. The van der Waals surface area contributed by atoms with Gasteiger partial charge >= 0.3 is 0 Å². The third kappa shape index (κ3) is 2.25. The van der Waals surface area contributed by atoms with Crippen molar-refractivity contribution in [2.45, 2.75) is 31.3 Å². The Morgan fingerprint density at radius 3 is 2.45 bits per heavy atom. The van der Waals surface area contributed by atoms with Crippen molar-refractivity contribution in [1.82, 2.24) is 0 Å². The van der Waals surface area contributed by atoms with E-state index in [-0.39, 0.29) is 11.4 Å². The summed E-state index contributed by atoms with van der Waals surface area (Å²) in [7, 11) is 1.62. The zero-order chi connectivity index (χ0) is 8.32. The van der Waals surface area contributed by atoms with E-state index in [1.54, 1.807) is 7.11 Å². The van der Waals surface area contributed by atoms with E-state index in [4.69, 9.17) is 9.29 Å². The summed E-state index contributed by atoms with van der Waals surface area (Å²) in [6.07, 6.45) is 4.08. The lowest BCUT2D eigenvalue weighted by molar-refractivity contribution is 0.0154. The summed E-state index contributed by atoms with van der Waals surface area (Å²) < 4.78 is 24.5. The average Bonchev–Trinajstić information content (AvgIpc) is 2.36. The summed E-state index contributed by atoms with van der Waals surface area (Å²) in [4.78, 5) is 0. The van der Waals surface area contributed by atoms with Gasteiger partial charge < -0.3 is 9.29 Å². The van der Waals surface area contributed by atoms with E-state index in [1.165, 1.54) is 0 Å². The molecule has 1 fully saturated rings. The van der Waals surface area contributed by atoms with Gasteiger partial charge in [0.1, 0.15) is 0 Å². The second-order valence-corrected chi connectivity index (χ2v) is 3.99. The minimum atomic E-state index is -1.72. The van der Waals surface area contributed by atoms with Gasteiger partial charge in [-0.2, -0.15) is 0 Å².